The van der Waals surface area contributed by atoms with Gasteiger partial charge in [0, 0.05) is 11.6 Å². The molecule has 2 rings (SSSR count). The molecule has 0 saturated heterocycles. The molecule has 1 aromatic heterocycles. The number of para-hydroxylation sites is 1. The molecule has 0 aliphatic heterocycles. The van der Waals surface area contributed by atoms with Crippen molar-refractivity contribution in [2.75, 3.05) is 5.73 Å². The van der Waals surface area contributed by atoms with Gasteiger partial charge in [0.25, 0.3) is 0 Å². The molecule has 0 radical (unpaired) electrons. The maximum Gasteiger partial charge on any atom is 0.323 e. The second kappa shape index (κ2) is 3.06. The zero-order chi connectivity index (χ0) is 10.1. The highest BCUT2D eigenvalue weighted by atomic mass is 16.4. The van der Waals surface area contributed by atoms with Crippen LogP contribution in [0.1, 0.15) is 0 Å². The Labute approximate surface area is 80.6 Å². The molecule has 1 aromatic carbocycles. The highest BCUT2D eigenvalue weighted by Crippen LogP contribution is 2.22. The maximum absolute atomic E-state index is 10.6. The molecular weight excluding hydrogens is 180 g/mol. The number of benzene rings is 1. The number of nitrogen functional groups attached to an aromatic ring is 1. The van der Waals surface area contributed by atoms with Gasteiger partial charge in [-0.2, -0.15) is 0 Å². The van der Waals surface area contributed by atoms with Crippen LogP contribution < -0.4 is 5.73 Å². The van der Waals surface area contributed by atoms with Gasteiger partial charge in [-0.15, -0.1) is 0 Å². The summed E-state index contributed by atoms with van der Waals surface area (Å²) < 4.78 is 1.63. The van der Waals surface area contributed by atoms with E-state index in [1.165, 1.54) is 0 Å². The highest BCUT2D eigenvalue weighted by Gasteiger charge is 2.07. The molecule has 14 heavy (non-hydrogen) atoms. The van der Waals surface area contributed by atoms with E-state index in [-0.39, 0.29) is 6.54 Å². The van der Waals surface area contributed by atoms with Crippen LogP contribution in [-0.4, -0.2) is 15.6 Å². The summed E-state index contributed by atoms with van der Waals surface area (Å²) in [5, 5.41) is 9.57. The van der Waals surface area contributed by atoms with Crippen molar-refractivity contribution < 1.29 is 9.90 Å². The van der Waals surface area contributed by atoms with Gasteiger partial charge >= 0.3 is 5.97 Å². The molecule has 0 unspecified atom stereocenters. The van der Waals surface area contributed by atoms with Crippen LogP contribution in [0.15, 0.2) is 30.5 Å². The van der Waals surface area contributed by atoms with Gasteiger partial charge in [0.15, 0.2) is 0 Å². The highest BCUT2D eigenvalue weighted by molar-refractivity contribution is 5.92. The molecule has 1 heterocycles. The van der Waals surface area contributed by atoms with Gasteiger partial charge in [0.2, 0.25) is 0 Å². The van der Waals surface area contributed by atoms with Gasteiger partial charge in [-0.05, 0) is 6.07 Å². The summed E-state index contributed by atoms with van der Waals surface area (Å²) >= 11 is 0. The number of nitrogens with zero attached hydrogens (tertiary/aromatic N) is 1. The quantitative estimate of drug-likeness (QED) is 0.750. The van der Waals surface area contributed by atoms with E-state index in [1.54, 1.807) is 10.8 Å². The Morgan fingerprint density at radius 1 is 1.43 bits per heavy atom. The number of nitrogens with two attached hydrogens (primary N) is 1. The summed E-state index contributed by atoms with van der Waals surface area (Å²) in [5.74, 6) is -0.870. The molecule has 72 valence electrons. The lowest BCUT2D eigenvalue weighted by atomic mass is 10.2. The molecule has 3 N–H and O–H groups in total. The van der Waals surface area contributed by atoms with Crippen LogP contribution >= 0.6 is 0 Å². The first kappa shape index (κ1) is 8.62. The zero-order valence-electron chi connectivity index (χ0n) is 7.47. The van der Waals surface area contributed by atoms with Crippen molar-refractivity contribution in [3.63, 3.8) is 0 Å². The number of rotatable bonds is 2. The summed E-state index contributed by atoms with van der Waals surface area (Å²) in [5.41, 5.74) is 7.21. The SMILES string of the molecule is Nc1cn(CC(=O)O)c2ccccc12. The van der Waals surface area contributed by atoms with Gasteiger partial charge in [0.05, 0.1) is 11.2 Å². The number of anilines is 1. The van der Waals surface area contributed by atoms with E-state index in [1.807, 2.05) is 24.3 Å². The van der Waals surface area contributed by atoms with Crippen LogP contribution in [0, 0.1) is 0 Å². The van der Waals surface area contributed by atoms with Crippen LogP contribution in [0.25, 0.3) is 10.9 Å². The minimum absolute atomic E-state index is 0.0578. The third-order valence-electron chi connectivity index (χ3n) is 2.13. The topological polar surface area (TPSA) is 68.2 Å². The number of carbonyl (C=O) groups is 1. The van der Waals surface area contributed by atoms with Crippen molar-refractivity contribution in [2.45, 2.75) is 6.54 Å². The Balaban J connectivity index is 2.60. The minimum atomic E-state index is -0.870. The van der Waals surface area contributed by atoms with Crippen molar-refractivity contribution >= 4 is 22.6 Å². The number of hydrogen-bond donors (Lipinski definition) is 2. The molecule has 0 fully saturated rings. The molecule has 0 amide bonds. The fraction of sp³-hybridized carbons (Fsp3) is 0.100. The van der Waals surface area contributed by atoms with Gasteiger partial charge in [-0.25, -0.2) is 0 Å². The second-order valence-electron chi connectivity index (χ2n) is 3.12. The first-order valence-corrected chi connectivity index (χ1v) is 4.23. The van der Waals surface area contributed by atoms with Crippen molar-refractivity contribution in [3.8, 4) is 0 Å². The first-order chi connectivity index (χ1) is 6.68. The molecule has 0 atom stereocenters. The Morgan fingerprint density at radius 3 is 2.86 bits per heavy atom. The lowest BCUT2D eigenvalue weighted by Gasteiger charge is -1.99. The third-order valence-corrected chi connectivity index (χ3v) is 2.13. The number of hydrogen-bond acceptors (Lipinski definition) is 2. The van der Waals surface area contributed by atoms with E-state index in [0.29, 0.717) is 5.69 Å². The van der Waals surface area contributed by atoms with Gasteiger partial charge in [-0.3, -0.25) is 4.79 Å². The summed E-state index contributed by atoms with van der Waals surface area (Å²) in [7, 11) is 0. The number of fused-ring (bicyclic) bond motifs is 1. The molecular formula is C10H10N2O2. The van der Waals surface area contributed by atoms with Gasteiger partial charge in [0.1, 0.15) is 6.54 Å². The Bertz CT molecular complexity index is 488. The average Bonchev–Trinajstić information content (AvgIpc) is 2.44. The second-order valence-corrected chi connectivity index (χ2v) is 3.12. The Hall–Kier alpha value is -1.97. The predicted molar refractivity (Wildman–Crippen MR) is 54.0 cm³/mol. The number of aromatic nitrogens is 1. The molecule has 0 aliphatic carbocycles. The molecule has 0 spiro atoms. The zero-order valence-corrected chi connectivity index (χ0v) is 7.47. The normalized spacial score (nSPS) is 10.6. The van der Waals surface area contributed by atoms with Crippen LogP contribution in [0.4, 0.5) is 5.69 Å². The first-order valence-electron chi connectivity index (χ1n) is 4.23. The van der Waals surface area contributed by atoms with Crippen molar-refractivity contribution in [1.29, 1.82) is 0 Å². The fourth-order valence-corrected chi connectivity index (χ4v) is 1.55. The van der Waals surface area contributed by atoms with Gasteiger partial charge in [-0.1, -0.05) is 18.2 Å². The van der Waals surface area contributed by atoms with Crippen LogP contribution in [0.5, 0.6) is 0 Å². The fourth-order valence-electron chi connectivity index (χ4n) is 1.55. The minimum Gasteiger partial charge on any atom is -0.480 e. The Morgan fingerprint density at radius 2 is 2.14 bits per heavy atom. The predicted octanol–water partition coefficient (Wildman–Crippen LogP) is 1.31. The molecule has 4 heteroatoms. The smallest absolute Gasteiger partial charge is 0.323 e. The monoisotopic (exact) mass is 190 g/mol. The lowest BCUT2D eigenvalue weighted by molar-refractivity contribution is -0.137. The van der Waals surface area contributed by atoms with E-state index in [9.17, 15) is 4.79 Å². The molecule has 0 saturated carbocycles. The summed E-state index contributed by atoms with van der Waals surface area (Å²) in [6.45, 7) is -0.0578. The molecule has 0 aliphatic rings. The summed E-state index contributed by atoms with van der Waals surface area (Å²) in [6.07, 6.45) is 1.65. The molecule has 2 aromatic rings. The number of aliphatic carboxylic acids is 1. The standard InChI is InChI=1S/C10H10N2O2/c11-8-5-12(6-10(13)14)9-4-2-1-3-7(8)9/h1-5H,6,11H2,(H,13,14). The Kier molecular flexibility index (Phi) is 1.89. The van der Waals surface area contributed by atoms with Gasteiger partial charge < -0.3 is 15.4 Å². The van der Waals surface area contributed by atoms with Crippen LogP contribution in [0.3, 0.4) is 0 Å². The summed E-state index contributed by atoms with van der Waals surface area (Å²) in [4.78, 5) is 10.6. The average molecular weight is 190 g/mol. The van der Waals surface area contributed by atoms with Crippen molar-refractivity contribution in [1.82, 2.24) is 4.57 Å². The van der Waals surface area contributed by atoms with Crippen LogP contribution in [0.2, 0.25) is 0 Å². The lowest BCUT2D eigenvalue weighted by Crippen LogP contribution is -2.07. The molecule has 4 nitrogen and oxygen atoms in total. The maximum atomic E-state index is 10.6. The third kappa shape index (κ3) is 1.31. The van der Waals surface area contributed by atoms with E-state index in [2.05, 4.69) is 0 Å². The van der Waals surface area contributed by atoms with E-state index in [4.69, 9.17) is 10.8 Å². The number of carboxylic acids is 1. The number of carboxylic acid groups (broad SMARTS) is 1. The van der Waals surface area contributed by atoms with E-state index >= 15 is 0 Å². The van der Waals surface area contributed by atoms with E-state index in [0.717, 1.165) is 10.9 Å². The largest absolute Gasteiger partial charge is 0.480 e. The molecule has 0 bridgehead atoms. The summed E-state index contributed by atoms with van der Waals surface area (Å²) in [6, 6.07) is 7.47. The van der Waals surface area contributed by atoms with Crippen molar-refractivity contribution in [2.24, 2.45) is 0 Å². The van der Waals surface area contributed by atoms with Crippen molar-refractivity contribution in [3.05, 3.63) is 30.5 Å². The van der Waals surface area contributed by atoms with E-state index < -0.39 is 5.97 Å². The van der Waals surface area contributed by atoms with Crippen LogP contribution in [-0.2, 0) is 11.3 Å².